The van der Waals surface area contributed by atoms with E-state index in [9.17, 15) is 8.78 Å². The van der Waals surface area contributed by atoms with Gasteiger partial charge in [0.15, 0.2) is 0 Å². The lowest BCUT2D eigenvalue weighted by Gasteiger charge is -2.61. The van der Waals surface area contributed by atoms with E-state index >= 15 is 0 Å². The molecule has 7 atom stereocenters. The number of hydrogen-bond acceptors (Lipinski definition) is 2. The van der Waals surface area contributed by atoms with Gasteiger partial charge in [-0.25, -0.2) is 0 Å². The zero-order valence-electron chi connectivity index (χ0n) is 22.0. The molecule has 4 saturated carbocycles. The number of halogens is 2. The zero-order chi connectivity index (χ0) is 24.2. The standard InChI is InChI=1S/C27H42F2O2.C2H6.CH4/c1-26-15-6-5-9-19(26)11-12-21-20(26)13-14-22-25(23(31-4)16-27(21,22)2)18(17-30-3)8-7-10-24(28)29;1-2;/h10,19-23H,5-9,11-17H2,1-4H3;1-2H3;1H4/b25-18-;;. The summed E-state index contributed by atoms with van der Waals surface area (Å²) < 4.78 is 37.0. The lowest BCUT2D eigenvalue weighted by atomic mass is 9.44. The van der Waals surface area contributed by atoms with Crippen molar-refractivity contribution in [1.82, 2.24) is 0 Å². The molecule has 198 valence electrons. The zero-order valence-corrected chi connectivity index (χ0v) is 22.0. The molecule has 34 heavy (non-hydrogen) atoms. The van der Waals surface area contributed by atoms with Crippen LogP contribution in [-0.4, -0.2) is 26.9 Å². The van der Waals surface area contributed by atoms with Crippen LogP contribution in [0.1, 0.15) is 106 Å². The molecule has 4 aliphatic rings. The third kappa shape index (κ3) is 5.33. The van der Waals surface area contributed by atoms with E-state index in [2.05, 4.69) is 13.8 Å². The number of allylic oxidation sites excluding steroid dienone is 1. The van der Waals surface area contributed by atoms with Crippen LogP contribution in [0.5, 0.6) is 0 Å². The maximum Gasteiger partial charge on any atom is 0.266 e. The highest BCUT2D eigenvalue weighted by Gasteiger charge is 2.61. The molecule has 0 heterocycles. The Labute approximate surface area is 208 Å². The lowest BCUT2D eigenvalue weighted by Crippen LogP contribution is -2.53. The van der Waals surface area contributed by atoms with Crippen molar-refractivity contribution in [1.29, 1.82) is 0 Å². The number of methoxy groups -OCH3 is 2. The van der Waals surface area contributed by atoms with E-state index in [1.54, 1.807) is 7.11 Å². The van der Waals surface area contributed by atoms with E-state index in [0.29, 0.717) is 30.8 Å². The van der Waals surface area contributed by atoms with Crippen LogP contribution in [0.4, 0.5) is 8.78 Å². The van der Waals surface area contributed by atoms with E-state index in [0.717, 1.165) is 30.3 Å². The summed E-state index contributed by atoms with van der Waals surface area (Å²) in [6, 6.07) is 0. The maximum absolute atomic E-state index is 12.7. The molecule has 0 aromatic rings. The minimum atomic E-state index is -1.58. The first-order valence-electron chi connectivity index (χ1n) is 13.6. The van der Waals surface area contributed by atoms with Crippen LogP contribution >= 0.6 is 0 Å². The fraction of sp³-hybridized carbons (Fsp3) is 0.867. The van der Waals surface area contributed by atoms with Crippen LogP contribution in [0.15, 0.2) is 23.3 Å². The molecule has 4 fully saturated rings. The Balaban J connectivity index is 0.00000133. The summed E-state index contributed by atoms with van der Waals surface area (Å²) in [5.41, 5.74) is 3.37. The molecule has 0 radical (unpaired) electrons. The van der Waals surface area contributed by atoms with Crippen molar-refractivity contribution < 1.29 is 18.3 Å². The van der Waals surface area contributed by atoms with Crippen LogP contribution < -0.4 is 0 Å². The summed E-state index contributed by atoms with van der Waals surface area (Å²) in [7, 11) is 3.54. The molecule has 0 aliphatic heterocycles. The minimum absolute atomic E-state index is 0. The number of rotatable bonds is 6. The Bertz CT molecular complexity index is 713. The highest BCUT2D eigenvalue weighted by atomic mass is 19.3. The summed E-state index contributed by atoms with van der Waals surface area (Å²) >= 11 is 0. The molecule has 0 aromatic carbocycles. The molecule has 2 nitrogen and oxygen atoms in total. The molecule has 0 amide bonds. The molecule has 7 unspecified atom stereocenters. The van der Waals surface area contributed by atoms with Crippen molar-refractivity contribution in [2.75, 3.05) is 20.8 Å². The van der Waals surface area contributed by atoms with Gasteiger partial charge in [-0.15, -0.1) is 0 Å². The second-order valence-corrected chi connectivity index (χ2v) is 11.3. The summed E-state index contributed by atoms with van der Waals surface area (Å²) in [4.78, 5) is 0. The molecule has 0 saturated heterocycles. The van der Waals surface area contributed by atoms with E-state index in [1.807, 2.05) is 21.0 Å². The van der Waals surface area contributed by atoms with Crippen LogP contribution in [-0.2, 0) is 9.47 Å². The molecular formula is C30H52F2O2. The second kappa shape index (κ2) is 12.5. The van der Waals surface area contributed by atoms with Gasteiger partial charge >= 0.3 is 0 Å². The fourth-order valence-corrected chi connectivity index (χ4v) is 8.74. The number of fused-ring (bicyclic) bond motifs is 5. The average Bonchev–Trinajstić information content (AvgIpc) is 3.11. The summed E-state index contributed by atoms with van der Waals surface area (Å²) in [5.74, 6) is 3.02. The monoisotopic (exact) mass is 482 g/mol. The predicted octanol–water partition coefficient (Wildman–Crippen LogP) is 9.21. The Morgan fingerprint density at radius 3 is 2.29 bits per heavy atom. The fourth-order valence-electron chi connectivity index (χ4n) is 8.74. The first kappa shape index (κ1) is 29.5. The molecule has 0 spiro atoms. The molecule has 0 aromatic heterocycles. The van der Waals surface area contributed by atoms with Gasteiger partial charge in [0.1, 0.15) is 0 Å². The summed E-state index contributed by atoms with van der Waals surface area (Å²) in [5, 5.41) is 0. The number of ether oxygens (including phenoxy) is 2. The van der Waals surface area contributed by atoms with Crippen molar-refractivity contribution in [3.8, 4) is 0 Å². The largest absolute Gasteiger partial charge is 0.380 e. The van der Waals surface area contributed by atoms with E-state index < -0.39 is 6.08 Å². The summed E-state index contributed by atoms with van der Waals surface area (Å²) in [6.07, 6.45) is 12.6. The highest BCUT2D eigenvalue weighted by Crippen LogP contribution is 2.68. The van der Waals surface area contributed by atoms with Gasteiger partial charge in [-0.05, 0) is 110 Å². The quantitative estimate of drug-likeness (QED) is 0.351. The Morgan fingerprint density at radius 2 is 1.65 bits per heavy atom. The molecule has 0 N–H and O–H groups in total. The molecule has 4 aliphatic carbocycles. The van der Waals surface area contributed by atoms with Crippen molar-refractivity contribution in [2.24, 2.45) is 34.5 Å². The van der Waals surface area contributed by atoms with Gasteiger partial charge in [0.25, 0.3) is 6.08 Å². The first-order chi connectivity index (χ1) is 15.8. The Hall–Kier alpha value is -0.740. The van der Waals surface area contributed by atoms with E-state index in [-0.39, 0.29) is 18.9 Å². The smallest absolute Gasteiger partial charge is 0.266 e. The molecule has 4 rings (SSSR count). The highest BCUT2D eigenvalue weighted by molar-refractivity contribution is 5.32. The van der Waals surface area contributed by atoms with Gasteiger partial charge in [-0.3, -0.25) is 0 Å². The summed E-state index contributed by atoms with van der Waals surface area (Å²) in [6.45, 7) is 9.67. The molecule has 0 bridgehead atoms. The Kier molecular flexibility index (Phi) is 10.8. The van der Waals surface area contributed by atoms with Crippen molar-refractivity contribution in [3.63, 3.8) is 0 Å². The van der Waals surface area contributed by atoms with Crippen LogP contribution in [0.25, 0.3) is 0 Å². The van der Waals surface area contributed by atoms with Gasteiger partial charge in [0.2, 0.25) is 0 Å². The van der Waals surface area contributed by atoms with Crippen LogP contribution in [0, 0.1) is 34.5 Å². The molecule has 4 heteroatoms. The topological polar surface area (TPSA) is 18.5 Å². The van der Waals surface area contributed by atoms with Gasteiger partial charge in [-0.2, -0.15) is 8.78 Å². The number of hydrogen-bond donors (Lipinski definition) is 0. The van der Waals surface area contributed by atoms with Crippen LogP contribution in [0.2, 0.25) is 0 Å². The van der Waals surface area contributed by atoms with Crippen molar-refractivity contribution in [2.45, 2.75) is 112 Å². The van der Waals surface area contributed by atoms with Gasteiger partial charge in [0, 0.05) is 14.2 Å². The average molecular weight is 483 g/mol. The SMILES string of the molecule is C.CC.COC/C(CCC=C(F)F)=C1\C(OC)CC2(C)C1CCC1C2CCC2CCCCC21C. The minimum Gasteiger partial charge on any atom is -0.380 e. The van der Waals surface area contributed by atoms with Crippen LogP contribution in [0.3, 0.4) is 0 Å². The maximum atomic E-state index is 12.7. The van der Waals surface area contributed by atoms with Crippen molar-refractivity contribution in [3.05, 3.63) is 23.3 Å². The van der Waals surface area contributed by atoms with E-state index in [4.69, 9.17) is 9.47 Å². The Morgan fingerprint density at radius 1 is 0.971 bits per heavy atom. The van der Waals surface area contributed by atoms with Gasteiger partial charge < -0.3 is 9.47 Å². The van der Waals surface area contributed by atoms with Gasteiger partial charge in [-0.1, -0.05) is 48.0 Å². The first-order valence-corrected chi connectivity index (χ1v) is 13.6. The lowest BCUT2D eigenvalue weighted by molar-refractivity contribution is -0.115. The molecular weight excluding hydrogens is 430 g/mol. The van der Waals surface area contributed by atoms with E-state index in [1.165, 1.54) is 62.5 Å². The predicted molar refractivity (Wildman–Crippen MR) is 139 cm³/mol. The van der Waals surface area contributed by atoms with Crippen molar-refractivity contribution >= 4 is 0 Å². The normalized spacial score (nSPS) is 39.9. The second-order valence-electron chi connectivity index (χ2n) is 11.3. The third-order valence-corrected chi connectivity index (χ3v) is 10.1. The van der Waals surface area contributed by atoms with Gasteiger partial charge in [0.05, 0.1) is 12.7 Å². The third-order valence-electron chi connectivity index (χ3n) is 10.1.